The highest BCUT2D eigenvalue weighted by Gasteiger charge is 2.41. The number of para-hydroxylation sites is 2. The summed E-state index contributed by atoms with van der Waals surface area (Å²) in [5.74, 6) is -0.120. The fourth-order valence-corrected chi connectivity index (χ4v) is 4.79. The molecule has 5 rings (SSSR count). The zero-order valence-corrected chi connectivity index (χ0v) is 18.7. The van der Waals surface area contributed by atoms with Gasteiger partial charge in [-0.3, -0.25) is 18.7 Å². The highest BCUT2D eigenvalue weighted by Crippen LogP contribution is 2.33. The van der Waals surface area contributed by atoms with E-state index in [2.05, 4.69) is 9.97 Å². The van der Waals surface area contributed by atoms with E-state index in [4.69, 9.17) is 0 Å². The van der Waals surface area contributed by atoms with Gasteiger partial charge >= 0.3 is 5.69 Å². The summed E-state index contributed by atoms with van der Waals surface area (Å²) in [6, 6.07) is 7.12. The first-order chi connectivity index (χ1) is 15.7. The van der Waals surface area contributed by atoms with Crippen LogP contribution in [0.5, 0.6) is 0 Å². The van der Waals surface area contributed by atoms with Crippen LogP contribution in [0.4, 0.5) is 0 Å². The van der Waals surface area contributed by atoms with Gasteiger partial charge in [0.2, 0.25) is 5.91 Å². The number of imidazole rings is 2. The summed E-state index contributed by atoms with van der Waals surface area (Å²) in [6.45, 7) is 2.30. The quantitative estimate of drug-likeness (QED) is 0.469. The van der Waals surface area contributed by atoms with Gasteiger partial charge in [0.05, 0.1) is 36.3 Å². The summed E-state index contributed by atoms with van der Waals surface area (Å²) in [5, 5.41) is 11.3. The minimum absolute atomic E-state index is 0.106. The van der Waals surface area contributed by atoms with Crippen LogP contribution >= 0.6 is 0 Å². The Morgan fingerprint density at radius 3 is 2.67 bits per heavy atom. The van der Waals surface area contributed by atoms with Crippen LogP contribution in [-0.2, 0) is 25.4 Å². The Morgan fingerprint density at radius 2 is 1.91 bits per heavy atom. The number of aliphatic hydroxyl groups is 1. The Hall–Kier alpha value is -3.73. The molecule has 1 aliphatic rings. The maximum absolute atomic E-state index is 13.0. The third-order valence-electron chi connectivity index (χ3n) is 6.60. The molecule has 0 unspecified atom stereocenters. The van der Waals surface area contributed by atoms with Crippen LogP contribution in [0.3, 0.4) is 0 Å². The van der Waals surface area contributed by atoms with Gasteiger partial charge in [-0.2, -0.15) is 0 Å². The van der Waals surface area contributed by atoms with Gasteiger partial charge in [-0.25, -0.2) is 14.8 Å². The number of fused-ring (bicyclic) bond motifs is 2. The van der Waals surface area contributed by atoms with Crippen LogP contribution in [0.1, 0.15) is 19.4 Å². The number of piperidine rings is 1. The molecule has 1 fully saturated rings. The minimum atomic E-state index is -1.31. The van der Waals surface area contributed by atoms with E-state index >= 15 is 0 Å². The van der Waals surface area contributed by atoms with E-state index in [1.807, 2.05) is 24.3 Å². The lowest BCUT2D eigenvalue weighted by Gasteiger charge is -2.43. The molecule has 0 bridgehead atoms. The fourth-order valence-electron chi connectivity index (χ4n) is 4.79. The maximum Gasteiger partial charge on any atom is 0.332 e. The highest BCUT2D eigenvalue weighted by molar-refractivity contribution is 5.80. The predicted octanol–water partition coefficient (Wildman–Crippen LogP) is 0.00800. The second-order valence-corrected chi connectivity index (χ2v) is 8.87. The first kappa shape index (κ1) is 21.1. The Morgan fingerprint density at radius 1 is 1.15 bits per heavy atom. The second kappa shape index (κ2) is 7.41. The molecule has 4 heterocycles. The normalized spacial score (nSPS) is 21.2. The molecule has 2 atom stereocenters. The molecule has 4 aromatic rings. The van der Waals surface area contributed by atoms with Crippen LogP contribution in [-0.4, -0.2) is 62.8 Å². The summed E-state index contributed by atoms with van der Waals surface area (Å²) in [4.78, 5) is 48.3. The zero-order chi connectivity index (χ0) is 23.5. The summed E-state index contributed by atoms with van der Waals surface area (Å²) < 4.78 is 5.79. The van der Waals surface area contributed by atoms with Crippen molar-refractivity contribution in [1.29, 1.82) is 0 Å². The number of rotatable bonds is 3. The van der Waals surface area contributed by atoms with E-state index in [0.29, 0.717) is 13.0 Å². The van der Waals surface area contributed by atoms with Crippen LogP contribution < -0.4 is 11.2 Å². The third kappa shape index (κ3) is 3.27. The van der Waals surface area contributed by atoms with Crippen molar-refractivity contribution in [3.8, 4) is 0 Å². The molecule has 1 aliphatic heterocycles. The molecule has 3 aromatic heterocycles. The van der Waals surface area contributed by atoms with Gasteiger partial charge in [-0.1, -0.05) is 12.1 Å². The molecule has 1 N–H and O–H groups in total. The standard InChI is InChI=1S/C22H25N7O4/c1-22(33)11-27(17(30)10-28-12-23-14-6-4-5-7-15(14)28)9-8-16(22)29-13-24-19-18(29)20(31)26(3)21(32)25(19)2/h4-7,12-13,16,33H,8-11H2,1-3H3/t16-,22-/m1/s1. The molecular formula is C22H25N7O4. The van der Waals surface area contributed by atoms with E-state index in [0.717, 1.165) is 15.6 Å². The number of carbonyl (C=O) groups excluding carboxylic acids is 1. The Kier molecular flexibility index (Phi) is 4.74. The summed E-state index contributed by atoms with van der Waals surface area (Å²) >= 11 is 0. The number of carbonyl (C=O) groups is 1. The first-order valence-corrected chi connectivity index (χ1v) is 10.7. The number of hydrogen-bond donors (Lipinski definition) is 1. The number of likely N-dealkylation sites (tertiary alicyclic amines) is 1. The van der Waals surface area contributed by atoms with Crippen LogP contribution in [0.2, 0.25) is 0 Å². The Labute approximate surface area is 188 Å². The summed E-state index contributed by atoms with van der Waals surface area (Å²) in [7, 11) is 2.97. The first-order valence-electron chi connectivity index (χ1n) is 10.7. The second-order valence-electron chi connectivity index (χ2n) is 8.87. The van der Waals surface area contributed by atoms with Crippen molar-refractivity contribution in [3.63, 3.8) is 0 Å². The molecule has 11 nitrogen and oxygen atoms in total. The third-order valence-corrected chi connectivity index (χ3v) is 6.60. The molecular weight excluding hydrogens is 426 g/mol. The summed E-state index contributed by atoms with van der Waals surface area (Å²) in [5.41, 5.74) is -0.0151. The summed E-state index contributed by atoms with van der Waals surface area (Å²) in [6.07, 6.45) is 3.56. The van der Waals surface area contributed by atoms with E-state index in [1.54, 1.807) is 34.3 Å². The molecule has 0 radical (unpaired) electrons. The van der Waals surface area contributed by atoms with E-state index in [9.17, 15) is 19.5 Å². The van der Waals surface area contributed by atoms with Gasteiger partial charge in [-0.15, -0.1) is 0 Å². The van der Waals surface area contributed by atoms with E-state index < -0.39 is 22.9 Å². The molecule has 0 saturated carbocycles. The van der Waals surface area contributed by atoms with Gasteiger partial charge < -0.3 is 19.1 Å². The molecule has 33 heavy (non-hydrogen) atoms. The number of nitrogens with zero attached hydrogens (tertiary/aromatic N) is 7. The lowest BCUT2D eigenvalue weighted by Crippen LogP contribution is -2.55. The molecule has 11 heteroatoms. The van der Waals surface area contributed by atoms with Gasteiger partial charge in [-0.05, 0) is 25.5 Å². The van der Waals surface area contributed by atoms with E-state index in [-0.39, 0.29) is 30.2 Å². The van der Waals surface area contributed by atoms with Crippen LogP contribution in [0.25, 0.3) is 22.2 Å². The maximum atomic E-state index is 13.0. The molecule has 1 amide bonds. The highest BCUT2D eigenvalue weighted by atomic mass is 16.3. The topological polar surface area (TPSA) is 120 Å². The fraction of sp³-hybridized carbons (Fsp3) is 0.409. The van der Waals surface area contributed by atoms with Gasteiger partial charge in [0, 0.05) is 20.6 Å². The predicted molar refractivity (Wildman–Crippen MR) is 121 cm³/mol. The average molecular weight is 451 g/mol. The smallest absolute Gasteiger partial charge is 0.332 e. The number of aromatic nitrogens is 6. The number of aryl methyl sites for hydroxylation is 1. The molecule has 172 valence electrons. The van der Waals surface area contributed by atoms with Crippen molar-refractivity contribution in [3.05, 3.63) is 57.8 Å². The Bertz CT molecular complexity index is 1510. The largest absolute Gasteiger partial charge is 0.386 e. The number of hydrogen-bond acceptors (Lipinski definition) is 6. The van der Waals surface area contributed by atoms with Gasteiger partial charge in [0.25, 0.3) is 5.56 Å². The molecule has 1 aromatic carbocycles. The molecule has 1 saturated heterocycles. The Balaban J connectivity index is 1.42. The van der Waals surface area contributed by atoms with E-state index in [1.165, 1.54) is 17.9 Å². The minimum Gasteiger partial charge on any atom is -0.386 e. The van der Waals surface area contributed by atoms with Crippen molar-refractivity contribution in [1.82, 2.24) is 33.1 Å². The number of β-amino-alcohol motifs (C(OH)–C–C–N with tert-alkyl or cyclic N) is 1. The van der Waals surface area contributed by atoms with Crippen molar-refractivity contribution >= 4 is 28.1 Å². The SMILES string of the molecule is Cn1c(=O)c2c(ncn2[C@@H]2CCN(C(=O)Cn3cnc4ccccc43)C[C@@]2(C)O)n(C)c1=O. The van der Waals surface area contributed by atoms with Gasteiger partial charge in [0.1, 0.15) is 12.1 Å². The van der Waals surface area contributed by atoms with Crippen molar-refractivity contribution in [2.24, 2.45) is 14.1 Å². The van der Waals surface area contributed by atoms with Crippen molar-refractivity contribution in [2.75, 3.05) is 13.1 Å². The van der Waals surface area contributed by atoms with Crippen LogP contribution in [0.15, 0.2) is 46.5 Å². The lowest BCUT2D eigenvalue weighted by atomic mass is 9.88. The number of benzene rings is 1. The molecule has 0 aliphatic carbocycles. The van der Waals surface area contributed by atoms with Crippen molar-refractivity contribution < 1.29 is 9.90 Å². The monoisotopic (exact) mass is 451 g/mol. The van der Waals surface area contributed by atoms with Crippen molar-refractivity contribution in [2.45, 2.75) is 31.5 Å². The molecule has 0 spiro atoms. The van der Waals surface area contributed by atoms with Crippen LogP contribution in [0, 0.1) is 0 Å². The average Bonchev–Trinajstić information content (AvgIpc) is 3.40. The van der Waals surface area contributed by atoms with Gasteiger partial charge in [0.15, 0.2) is 11.2 Å². The lowest BCUT2D eigenvalue weighted by molar-refractivity contribution is -0.141. The zero-order valence-electron chi connectivity index (χ0n) is 18.7. The number of amides is 1.